The minimum absolute atomic E-state index is 0.274. The van der Waals surface area contributed by atoms with E-state index >= 15 is 0 Å². The first-order valence-electron chi connectivity index (χ1n) is 5.63. The number of carbonyl (C=O) groups excluding carboxylic acids is 1. The lowest BCUT2D eigenvalue weighted by atomic mass is 10.3. The van der Waals surface area contributed by atoms with E-state index in [0.29, 0.717) is 15.9 Å². The van der Waals surface area contributed by atoms with Crippen molar-refractivity contribution in [3.05, 3.63) is 47.0 Å². The Bertz CT molecular complexity index is 601. The van der Waals surface area contributed by atoms with Crippen molar-refractivity contribution in [2.45, 2.75) is 0 Å². The van der Waals surface area contributed by atoms with Crippen LogP contribution < -0.4 is 10.2 Å². The van der Waals surface area contributed by atoms with Gasteiger partial charge in [-0.1, -0.05) is 0 Å². The van der Waals surface area contributed by atoms with Crippen LogP contribution in [0, 0.1) is 0 Å². The van der Waals surface area contributed by atoms with Crippen LogP contribution in [0.15, 0.2) is 41.3 Å². The maximum Gasteiger partial charge on any atom is 0.275 e. The lowest BCUT2D eigenvalue weighted by Crippen LogP contribution is -2.18. The van der Waals surface area contributed by atoms with Crippen LogP contribution in [0.1, 0.15) is 10.5 Å². The van der Waals surface area contributed by atoms with E-state index in [1.807, 2.05) is 25.1 Å². The van der Waals surface area contributed by atoms with Gasteiger partial charge in [0.15, 0.2) is 0 Å². The number of carbonyl (C=O) groups is 1. The first-order valence-corrected chi connectivity index (χ1v) is 6.42. The van der Waals surface area contributed by atoms with Gasteiger partial charge >= 0.3 is 0 Å². The number of nitrogens with one attached hydrogen (secondary N) is 1. The molecule has 6 heteroatoms. The van der Waals surface area contributed by atoms with Crippen LogP contribution in [0.25, 0.3) is 0 Å². The molecule has 2 rings (SSSR count). The second-order valence-electron chi connectivity index (χ2n) is 4.08. The molecule has 0 saturated carbocycles. The van der Waals surface area contributed by atoms with Crippen LogP contribution in [0.2, 0.25) is 0 Å². The summed E-state index contributed by atoms with van der Waals surface area (Å²) in [6.45, 7) is 0. The van der Waals surface area contributed by atoms with Crippen molar-refractivity contribution in [1.82, 2.24) is 9.97 Å². The number of hydrogen-bond acceptors (Lipinski definition) is 4. The molecule has 98 valence electrons. The highest BCUT2D eigenvalue weighted by molar-refractivity contribution is 9.10. The minimum atomic E-state index is -0.274. The van der Waals surface area contributed by atoms with E-state index in [2.05, 4.69) is 31.2 Å². The summed E-state index contributed by atoms with van der Waals surface area (Å²) in [5.74, 6) is -0.274. The number of amides is 1. The molecule has 0 saturated heterocycles. The Morgan fingerprint density at radius 3 is 2.79 bits per heavy atom. The van der Waals surface area contributed by atoms with Gasteiger partial charge in [0.05, 0.1) is 17.6 Å². The van der Waals surface area contributed by atoms with Crippen LogP contribution in [-0.2, 0) is 0 Å². The van der Waals surface area contributed by atoms with E-state index in [4.69, 9.17) is 0 Å². The van der Waals surface area contributed by atoms with E-state index in [1.165, 1.54) is 0 Å². The summed E-state index contributed by atoms with van der Waals surface area (Å²) in [5, 5.41) is 2.81. The highest BCUT2D eigenvalue weighted by atomic mass is 79.9. The van der Waals surface area contributed by atoms with E-state index in [1.54, 1.807) is 30.7 Å². The van der Waals surface area contributed by atoms with Gasteiger partial charge in [0.2, 0.25) is 0 Å². The molecule has 0 radical (unpaired) electrons. The standard InChI is InChI=1S/C13H13BrN4O/c1-18(2)11-5-7-15-8-10(11)17-13(19)12-9(14)4-3-6-16-12/h3-8H,1-2H3,(H,17,19). The quantitative estimate of drug-likeness (QED) is 0.944. The summed E-state index contributed by atoms with van der Waals surface area (Å²) >= 11 is 3.31. The van der Waals surface area contributed by atoms with Crippen molar-refractivity contribution >= 4 is 33.2 Å². The molecule has 1 N–H and O–H groups in total. The molecule has 0 fully saturated rings. The molecule has 0 bridgehead atoms. The molecular formula is C13H13BrN4O. The minimum Gasteiger partial charge on any atom is -0.376 e. The maximum atomic E-state index is 12.2. The molecule has 2 aromatic heterocycles. The van der Waals surface area contributed by atoms with Gasteiger partial charge in [-0.15, -0.1) is 0 Å². The van der Waals surface area contributed by atoms with Gasteiger partial charge in [-0.05, 0) is 34.1 Å². The van der Waals surface area contributed by atoms with E-state index in [9.17, 15) is 4.79 Å². The van der Waals surface area contributed by atoms with Crippen molar-refractivity contribution in [3.8, 4) is 0 Å². The SMILES string of the molecule is CN(C)c1ccncc1NC(=O)c1ncccc1Br. The third kappa shape index (κ3) is 3.08. The van der Waals surface area contributed by atoms with Crippen LogP contribution in [0.5, 0.6) is 0 Å². The Hall–Kier alpha value is -1.95. The molecule has 0 unspecified atom stereocenters. The number of nitrogens with zero attached hydrogens (tertiary/aromatic N) is 3. The first kappa shape index (κ1) is 13.5. The van der Waals surface area contributed by atoms with E-state index in [0.717, 1.165) is 5.69 Å². The lowest BCUT2D eigenvalue weighted by molar-refractivity contribution is 0.102. The van der Waals surface area contributed by atoms with Gasteiger partial charge in [0.1, 0.15) is 5.69 Å². The van der Waals surface area contributed by atoms with Gasteiger partial charge < -0.3 is 10.2 Å². The van der Waals surface area contributed by atoms with Crippen molar-refractivity contribution in [3.63, 3.8) is 0 Å². The Labute approximate surface area is 119 Å². The third-order valence-corrected chi connectivity index (χ3v) is 3.14. The predicted molar refractivity (Wildman–Crippen MR) is 78.5 cm³/mol. The van der Waals surface area contributed by atoms with E-state index < -0.39 is 0 Å². The van der Waals surface area contributed by atoms with Crippen molar-refractivity contribution < 1.29 is 4.79 Å². The first-order chi connectivity index (χ1) is 9.09. The van der Waals surface area contributed by atoms with Crippen molar-refractivity contribution in [1.29, 1.82) is 0 Å². The molecule has 19 heavy (non-hydrogen) atoms. The average Bonchev–Trinajstić information content (AvgIpc) is 2.39. The highest BCUT2D eigenvalue weighted by Crippen LogP contribution is 2.23. The third-order valence-electron chi connectivity index (χ3n) is 2.50. The number of anilines is 2. The van der Waals surface area contributed by atoms with Crippen LogP contribution >= 0.6 is 15.9 Å². The van der Waals surface area contributed by atoms with E-state index in [-0.39, 0.29) is 5.91 Å². The fourth-order valence-electron chi connectivity index (χ4n) is 1.61. The molecule has 5 nitrogen and oxygen atoms in total. The molecular weight excluding hydrogens is 308 g/mol. The zero-order chi connectivity index (χ0) is 13.8. The van der Waals surface area contributed by atoms with Gasteiger partial charge in [-0.25, -0.2) is 4.98 Å². The molecule has 0 aliphatic heterocycles. The molecule has 0 spiro atoms. The Morgan fingerprint density at radius 2 is 2.11 bits per heavy atom. The second-order valence-corrected chi connectivity index (χ2v) is 4.93. The molecule has 1 amide bonds. The van der Waals surface area contributed by atoms with Gasteiger partial charge in [0.25, 0.3) is 5.91 Å². The molecule has 0 aromatic carbocycles. The van der Waals surface area contributed by atoms with Crippen molar-refractivity contribution in [2.75, 3.05) is 24.3 Å². The smallest absolute Gasteiger partial charge is 0.275 e. The Morgan fingerprint density at radius 1 is 1.32 bits per heavy atom. The number of aromatic nitrogens is 2. The molecule has 2 heterocycles. The highest BCUT2D eigenvalue weighted by Gasteiger charge is 2.13. The summed E-state index contributed by atoms with van der Waals surface area (Å²) in [6, 6.07) is 5.37. The maximum absolute atomic E-state index is 12.2. The number of halogens is 1. The fraction of sp³-hybridized carbons (Fsp3) is 0.154. The normalized spacial score (nSPS) is 10.1. The number of rotatable bonds is 3. The summed E-state index contributed by atoms with van der Waals surface area (Å²) in [4.78, 5) is 22.1. The van der Waals surface area contributed by atoms with Crippen LogP contribution in [0.3, 0.4) is 0 Å². The Balaban J connectivity index is 2.27. The monoisotopic (exact) mass is 320 g/mol. The van der Waals surface area contributed by atoms with Crippen LogP contribution in [0.4, 0.5) is 11.4 Å². The summed E-state index contributed by atoms with van der Waals surface area (Å²) in [5.41, 5.74) is 1.88. The molecule has 0 atom stereocenters. The topological polar surface area (TPSA) is 58.1 Å². The zero-order valence-electron chi connectivity index (χ0n) is 10.6. The van der Waals surface area contributed by atoms with Crippen molar-refractivity contribution in [2.24, 2.45) is 0 Å². The second kappa shape index (κ2) is 5.79. The predicted octanol–water partition coefficient (Wildman–Crippen LogP) is 2.56. The summed E-state index contributed by atoms with van der Waals surface area (Å²) < 4.78 is 0.655. The number of hydrogen-bond donors (Lipinski definition) is 1. The zero-order valence-corrected chi connectivity index (χ0v) is 12.2. The largest absolute Gasteiger partial charge is 0.376 e. The van der Waals surface area contributed by atoms with Gasteiger partial charge in [-0.2, -0.15) is 0 Å². The van der Waals surface area contributed by atoms with Gasteiger partial charge in [0, 0.05) is 31.0 Å². The lowest BCUT2D eigenvalue weighted by Gasteiger charge is -2.17. The molecule has 2 aromatic rings. The molecule has 0 aliphatic carbocycles. The summed E-state index contributed by atoms with van der Waals surface area (Å²) in [6.07, 6.45) is 4.88. The van der Waals surface area contributed by atoms with Crippen LogP contribution in [-0.4, -0.2) is 30.0 Å². The Kier molecular flexibility index (Phi) is 4.11. The average molecular weight is 321 g/mol. The number of pyridine rings is 2. The summed E-state index contributed by atoms with van der Waals surface area (Å²) in [7, 11) is 3.81. The fourth-order valence-corrected chi connectivity index (χ4v) is 2.04. The molecule has 0 aliphatic rings. The van der Waals surface area contributed by atoms with Gasteiger partial charge in [-0.3, -0.25) is 9.78 Å².